The average molecular weight is 299 g/mol. The van der Waals surface area contributed by atoms with Crippen molar-refractivity contribution in [3.05, 3.63) is 48.0 Å². The molecule has 0 atom stereocenters. The van der Waals surface area contributed by atoms with Crippen LogP contribution >= 0.6 is 0 Å². The quantitative estimate of drug-likeness (QED) is 0.848. The minimum absolute atomic E-state index is 0.128. The van der Waals surface area contributed by atoms with Gasteiger partial charge in [0.25, 0.3) is 5.91 Å². The van der Waals surface area contributed by atoms with Gasteiger partial charge in [0.1, 0.15) is 12.7 Å². The first kappa shape index (κ1) is 14.7. The highest BCUT2D eigenvalue weighted by atomic mass is 16.2. The van der Waals surface area contributed by atoms with E-state index in [0.717, 1.165) is 43.9 Å². The summed E-state index contributed by atoms with van der Waals surface area (Å²) in [5, 5.41) is 4.08. The van der Waals surface area contributed by atoms with Gasteiger partial charge in [0.2, 0.25) is 0 Å². The fourth-order valence-corrected chi connectivity index (χ4v) is 2.70. The normalized spacial score (nSPS) is 16.0. The van der Waals surface area contributed by atoms with Crippen molar-refractivity contribution < 1.29 is 4.79 Å². The maximum atomic E-state index is 12.5. The Balaban J connectivity index is 1.61. The zero-order valence-corrected chi connectivity index (χ0v) is 12.9. The van der Waals surface area contributed by atoms with E-state index in [-0.39, 0.29) is 5.91 Å². The number of carbonyl (C=O) groups is 1. The third kappa shape index (κ3) is 3.33. The fourth-order valence-electron chi connectivity index (χ4n) is 2.70. The molecule has 1 fully saturated rings. The van der Waals surface area contributed by atoms with Crippen molar-refractivity contribution in [1.82, 2.24) is 24.6 Å². The molecule has 0 aliphatic carbocycles. The van der Waals surface area contributed by atoms with Crippen LogP contribution in [0, 0.1) is 0 Å². The van der Waals surface area contributed by atoms with Crippen LogP contribution in [-0.2, 0) is 6.54 Å². The van der Waals surface area contributed by atoms with E-state index in [0.29, 0.717) is 6.54 Å². The van der Waals surface area contributed by atoms with Crippen molar-refractivity contribution in [3.8, 4) is 0 Å². The summed E-state index contributed by atoms with van der Waals surface area (Å²) in [5.41, 5.74) is 1.87. The van der Waals surface area contributed by atoms with Gasteiger partial charge in [-0.15, -0.1) is 0 Å². The molecule has 6 heteroatoms. The highest BCUT2D eigenvalue weighted by Crippen LogP contribution is 2.11. The third-order valence-electron chi connectivity index (χ3n) is 4.12. The van der Waals surface area contributed by atoms with Crippen molar-refractivity contribution in [2.24, 2.45) is 0 Å². The van der Waals surface area contributed by atoms with Gasteiger partial charge < -0.3 is 9.80 Å². The first-order valence-corrected chi connectivity index (χ1v) is 7.69. The van der Waals surface area contributed by atoms with Crippen LogP contribution in [-0.4, -0.2) is 63.2 Å². The zero-order chi connectivity index (χ0) is 15.4. The van der Waals surface area contributed by atoms with Crippen molar-refractivity contribution in [3.63, 3.8) is 0 Å². The molecular formula is C16H21N5O. The summed E-state index contributed by atoms with van der Waals surface area (Å²) in [6.07, 6.45) is 3.21. The number of amides is 1. The summed E-state index contributed by atoms with van der Waals surface area (Å²) < 4.78 is 1.76. The summed E-state index contributed by atoms with van der Waals surface area (Å²) in [6, 6.07) is 7.77. The number of hydrogen-bond acceptors (Lipinski definition) is 4. The van der Waals surface area contributed by atoms with Crippen LogP contribution in [0.25, 0.3) is 0 Å². The van der Waals surface area contributed by atoms with Crippen LogP contribution in [0.5, 0.6) is 0 Å². The number of piperazine rings is 1. The van der Waals surface area contributed by atoms with Crippen LogP contribution in [0.2, 0.25) is 0 Å². The number of likely N-dealkylation sites (N-methyl/N-ethyl adjacent to an activating group) is 1. The van der Waals surface area contributed by atoms with E-state index < -0.39 is 0 Å². The van der Waals surface area contributed by atoms with Gasteiger partial charge >= 0.3 is 0 Å². The molecule has 0 spiro atoms. The predicted molar refractivity (Wildman–Crippen MR) is 83.6 cm³/mol. The summed E-state index contributed by atoms with van der Waals surface area (Å²) in [7, 11) is 0. The van der Waals surface area contributed by atoms with Gasteiger partial charge in [-0.05, 0) is 24.2 Å². The monoisotopic (exact) mass is 299 g/mol. The SMILES string of the molecule is CCN1CCN(C(=O)c2ccc(Cn3cncn3)cc2)CC1. The zero-order valence-electron chi connectivity index (χ0n) is 12.9. The molecule has 0 bridgehead atoms. The molecule has 0 N–H and O–H groups in total. The lowest BCUT2D eigenvalue weighted by Gasteiger charge is -2.34. The van der Waals surface area contributed by atoms with Gasteiger partial charge in [0.05, 0.1) is 6.54 Å². The van der Waals surface area contributed by atoms with E-state index in [2.05, 4.69) is 21.9 Å². The van der Waals surface area contributed by atoms with Crippen molar-refractivity contribution in [2.75, 3.05) is 32.7 Å². The summed E-state index contributed by atoms with van der Waals surface area (Å²) in [6.45, 7) is 7.44. The molecule has 3 rings (SSSR count). The van der Waals surface area contributed by atoms with Crippen LogP contribution in [0.15, 0.2) is 36.9 Å². The number of nitrogens with zero attached hydrogens (tertiary/aromatic N) is 5. The van der Waals surface area contributed by atoms with Crippen molar-refractivity contribution >= 4 is 5.91 Å². The summed E-state index contributed by atoms with van der Waals surface area (Å²) >= 11 is 0. The topological polar surface area (TPSA) is 54.3 Å². The molecule has 2 aromatic rings. The smallest absolute Gasteiger partial charge is 0.253 e. The molecule has 1 aromatic heterocycles. The Morgan fingerprint density at radius 2 is 1.86 bits per heavy atom. The minimum Gasteiger partial charge on any atom is -0.336 e. The lowest BCUT2D eigenvalue weighted by atomic mass is 10.1. The average Bonchev–Trinajstić information content (AvgIpc) is 3.08. The molecule has 1 aliphatic heterocycles. The molecule has 1 aromatic carbocycles. The molecule has 1 aliphatic rings. The number of rotatable bonds is 4. The molecule has 6 nitrogen and oxygen atoms in total. The second kappa shape index (κ2) is 6.70. The summed E-state index contributed by atoms with van der Waals surface area (Å²) in [5.74, 6) is 0.128. The van der Waals surface area contributed by atoms with E-state index >= 15 is 0 Å². The number of hydrogen-bond donors (Lipinski definition) is 0. The lowest BCUT2D eigenvalue weighted by molar-refractivity contribution is 0.0643. The number of benzene rings is 1. The minimum atomic E-state index is 0.128. The second-order valence-electron chi connectivity index (χ2n) is 5.52. The highest BCUT2D eigenvalue weighted by Gasteiger charge is 2.21. The van der Waals surface area contributed by atoms with Gasteiger partial charge in [-0.2, -0.15) is 5.10 Å². The summed E-state index contributed by atoms with van der Waals surface area (Å²) in [4.78, 5) is 20.7. The Bertz CT molecular complexity index is 600. The second-order valence-corrected chi connectivity index (χ2v) is 5.52. The van der Waals surface area contributed by atoms with Gasteiger partial charge in [0, 0.05) is 31.7 Å². The van der Waals surface area contributed by atoms with Crippen molar-refractivity contribution in [2.45, 2.75) is 13.5 Å². The molecule has 1 amide bonds. The van der Waals surface area contributed by atoms with Gasteiger partial charge in [-0.3, -0.25) is 4.79 Å². The van der Waals surface area contributed by atoms with E-state index in [4.69, 9.17) is 0 Å². The maximum Gasteiger partial charge on any atom is 0.253 e. The first-order valence-electron chi connectivity index (χ1n) is 7.69. The maximum absolute atomic E-state index is 12.5. The molecule has 0 radical (unpaired) electrons. The molecule has 0 unspecified atom stereocenters. The van der Waals surface area contributed by atoms with E-state index in [9.17, 15) is 4.79 Å². The van der Waals surface area contributed by atoms with E-state index in [1.807, 2.05) is 29.2 Å². The molecular weight excluding hydrogens is 278 g/mol. The Morgan fingerprint density at radius 3 is 2.45 bits per heavy atom. The van der Waals surface area contributed by atoms with Crippen LogP contribution in [0.4, 0.5) is 0 Å². The van der Waals surface area contributed by atoms with Gasteiger partial charge in [-0.25, -0.2) is 9.67 Å². The molecule has 2 heterocycles. The Hall–Kier alpha value is -2.21. The number of aromatic nitrogens is 3. The van der Waals surface area contributed by atoms with Crippen LogP contribution < -0.4 is 0 Å². The molecule has 22 heavy (non-hydrogen) atoms. The first-order chi connectivity index (χ1) is 10.8. The Morgan fingerprint density at radius 1 is 1.14 bits per heavy atom. The Kier molecular flexibility index (Phi) is 4.48. The van der Waals surface area contributed by atoms with E-state index in [1.165, 1.54) is 6.33 Å². The van der Waals surface area contributed by atoms with Crippen LogP contribution in [0.1, 0.15) is 22.8 Å². The Labute approximate surface area is 130 Å². The van der Waals surface area contributed by atoms with Crippen LogP contribution in [0.3, 0.4) is 0 Å². The largest absolute Gasteiger partial charge is 0.336 e. The molecule has 0 saturated carbocycles. The van der Waals surface area contributed by atoms with E-state index in [1.54, 1.807) is 11.0 Å². The standard InChI is InChI=1S/C16H21N5O/c1-2-19-7-9-20(10-8-19)16(22)15-5-3-14(4-6-15)11-21-13-17-12-18-21/h3-6,12-13H,2,7-11H2,1H3. The van der Waals surface area contributed by atoms with Gasteiger partial charge in [0.15, 0.2) is 0 Å². The molecule has 116 valence electrons. The predicted octanol–water partition coefficient (Wildman–Crippen LogP) is 1.10. The number of carbonyl (C=O) groups excluding carboxylic acids is 1. The van der Waals surface area contributed by atoms with Crippen molar-refractivity contribution in [1.29, 1.82) is 0 Å². The third-order valence-corrected chi connectivity index (χ3v) is 4.12. The lowest BCUT2D eigenvalue weighted by Crippen LogP contribution is -2.48. The highest BCUT2D eigenvalue weighted by molar-refractivity contribution is 5.94. The van der Waals surface area contributed by atoms with Gasteiger partial charge in [-0.1, -0.05) is 19.1 Å². The molecule has 1 saturated heterocycles. The fraction of sp³-hybridized carbons (Fsp3) is 0.438.